The smallest absolute Gasteiger partial charge is 0.410 e. The second-order valence-corrected chi connectivity index (χ2v) is 8.16. The molecular weight excluding hydrogens is 350 g/mol. The van der Waals surface area contributed by atoms with Gasteiger partial charge in [0.25, 0.3) is 0 Å². The highest BCUT2D eigenvalue weighted by Crippen LogP contribution is 2.20. The molecule has 0 aliphatic carbocycles. The quantitative estimate of drug-likeness (QED) is 0.834. The lowest BCUT2D eigenvalue weighted by Crippen LogP contribution is -2.50. The summed E-state index contributed by atoms with van der Waals surface area (Å²) >= 11 is 0. The van der Waals surface area contributed by atoms with Gasteiger partial charge >= 0.3 is 6.09 Å². The number of rotatable bonds is 5. The number of nitrogens with zero attached hydrogens (tertiary/aromatic N) is 2. The summed E-state index contributed by atoms with van der Waals surface area (Å²) in [5.74, 6) is 0. The van der Waals surface area contributed by atoms with Crippen LogP contribution in [0, 0.1) is 0 Å². The molecule has 1 amide bonds. The van der Waals surface area contributed by atoms with E-state index >= 15 is 0 Å². The first kappa shape index (κ1) is 20.1. The van der Waals surface area contributed by atoms with Crippen molar-refractivity contribution in [3.05, 3.63) is 60.2 Å². The van der Waals surface area contributed by atoms with Crippen molar-refractivity contribution in [2.45, 2.75) is 32.8 Å². The van der Waals surface area contributed by atoms with Crippen LogP contribution in [0.5, 0.6) is 0 Å². The van der Waals surface area contributed by atoms with Crippen LogP contribution in [0.15, 0.2) is 54.6 Å². The van der Waals surface area contributed by atoms with E-state index in [1.54, 1.807) is 4.90 Å². The first-order valence-electron chi connectivity index (χ1n) is 10.0. The van der Waals surface area contributed by atoms with E-state index in [0.29, 0.717) is 13.1 Å². The third-order valence-corrected chi connectivity index (χ3v) is 4.75. The molecule has 28 heavy (non-hydrogen) atoms. The summed E-state index contributed by atoms with van der Waals surface area (Å²) in [6, 6.07) is 19.1. The Labute approximate surface area is 168 Å². The SMILES string of the molecule is CC(C)(C)OC(=O)N1CCN(c2ccc(NCCc3ccccc3)cc2)CC1. The van der Waals surface area contributed by atoms with Crippen molar-refractivity contribution in [1.82, 2.24) is 4.90 Å². The van der Waals surface area contributed by atoms with Gasteiger partial charge in [-0.05, 0) is 57.0 Å². The summed E-state index contributed by atoms with van der Waals surface area (Å²) in [6.07, 6.45) is 0.792. The van der Waals surface area contributed by atoms with E-state index in [4.69, 9.17) is 4.74 Å². The third-order valence-electron chi connectivity index (χ3n) is 4.75. The molecule has 0 radical (unpaired) electrons. The Hall–Kier alpha value is -2.69. The number of carbonyl (C=O) groups is 1. The van der Waals surface area contributed by atoms with Crippen molar-refractivity contribution in [3.63, 3.8) is 0 Å². The standard InChI is InChI=1S/C23H31N3O2/c1-23(2,3)28-22(27)26-17-15-25(16-18-26)21-11-9-20(10-12-21)24-14-13-19-7-5-4-6-8-19/h4-12,24H,13-18H2,1-3H3. The fourth-order valence-electron chi connectivity index (χ4n) is 3.26. The zero-order valence-corrected chi connectivity index (χ0v) is 17.1. The summed E-state index contributed by atoms with van der Waals surface area (Å²) in [5.41, 5.74) is 3.22. The number of ether oxygens (including phenoxy) is 1. The van der Waals surface area contributed by atoms with Crippen LogP contribution in [0.1, 0.15) is 26.3 Å². The monoisotopic (exact) mass is 381 g/mol. The van der Waals surface area contributed by atoms with Crippen LogP contribution >= 0.6 is 0 Å². The molecule has 0 unspecified atom stereocenters. The first-order valence-corrected chi connectivity index (χ1v) is 10.0. The van der Waals surface area contributed by atoms with E-state index in [1.165, 1.54) is 11.3 Å². The molecule has 1 heterocycles. The van der Waals surface area contributed by atoms with Crippen molar-refractivity contribution in [2.24, 2.45) is 0 Å². The molecular formula is C23H31N3O2. The normalized spacial score (nSPS) is 14.7. The predicted octanol–water partition coefficient (Wildman–Crippen LogP) is 4.40. The summed E-state index contributed by atoms with van der Waals surface area (Å²) in [7, 11) is 0. The molecule has 3 rings (SSSR count). The lowest BCUT2D eigenvalue weighted by atomic mass is 10.1. The number of nitrogens with one attached hydrogen (secondary N) is 1. The second kappa shape index (κ2) is 9.00. The van der Waals surface area contributed by atoms with Gasteiger partial charge in [-0.1, -0.05) is 30.3 Å². The fourth-order valence-corrected chi connectivity index (χ4v) is 3.26. The maximum atomic E-state index is 12.2. The maximum Gasteiger partial charge on any atom is 0.410 e. The fraction of sp³-hybridized carbons (Fsp3) is 0.435. The largest absolute Gasteiger partial charge is 0.444 e. The molecule has 2 aromatic rings. The van der Waals surface area contributed by atoms with E-state index in [0.717, 1.165) is 31.7 Å². The van der Waals surface area contributed by atoms with E-state index in [-0.39, 0.29) is 6.09 Å². The molecule has 1 saturated heterocycles. The van der Waals surface area contributed by atoms with Gasteiger partial charge in [-0.15, -0.1) is 0 Å². The van der Waals surface area contributed by atoms with E-state index in [2.05, 4.69) is 58.7 Å². The topological polar surface area (TPSA) is 44.8 Å². The minimum absolute atomic E-state index is 0.217. The van der Waals surface area contributed by atoms with Crippen LogP contribution in [-0.4, -0.2) is 49.3 Å². The van der Waals surface area contributed by atoms with Crippen LogP contribution in [0.2, 0.25) is 0 Å². The van der Waals surface area contributed by atoms with Crippen LogP contribution in [0.3, 0.4) is 0 Å². The number of carbonyl (C=O) groups excluding carboxylic acids is 1. The number of benzene rings is 2. The number of hydrogen-bond donors (Lipinski definition) is 1. The number of amides is 1. The average Bonchev–Trinajstić information content (AvgIpc) is 2.68. The minimum atomic E-state index is -0.447. The maximum absolute atomic E-state index is 12.2. The summed E-state index contributed by atoms with van der Waals surface area (Å²) in [6.45, 7) is 9.62. The number of piperazine rings is 1. The Bertz CT molecular complexity index is 746. The molecule has 0 saturated carbocycles. The van der Waals surface area contributed by atoms with Gasteiger partial charge in [0.2, 0.25) is 0 Å². The van der Waals surface area contributed by atoms with Crippen LogP contribution in [0.4, 0.5) is 16.2 Å². The van der Waals surface area contributed by atoms with Gasteiger partial charge in [-0.25, -0.2) is 4.79 Å². The van der Waals surface area contributed by atoms with Crippen molar-refractivity contribution in [2.75, 3.05) is 42.9 Å². The minimum Gasteiger partial charge on any atom is -0.444 e. The lowest BCUT2D eigenvalue weighted by Gasteiger charge is -2.36. The van der Waals surface area contributed by atoms with Crippen molar-refractivity contribution < 1.29 is 9.53 Å². The van der Waals surface area contributed by atoms with Crippen LogP contribution < -0.4 is 10.2 Å². The van der Waals surface area contributed by atoms with E-state index < -0.39 is 5.60 Å². The number of hydrogen-bond acceptors (Lipinski definition) is 4. The molecule has 0 spiro atoms. The van der Waals surface area contributed by atoms with E-state index in [1.807, 2.05) is 26.8 Å². The van der Waals surface area contributed by atoms with Gasteiger partial charge in [0, 0.05) is 44.1 Å². The molecule has 1 fully saturated rings. The summed E-state index contributed by atoms with van der Waals surface area (Å²) < 4.78 is 5.46. The molecule has 150 valence electrons. The molecule has 1 aliphatic heterocycles. The highest BCUT2D eigenvalue weighted by atomic mass is 16.6. The Kier molecular flexibility index (Phi) is 6.45. The van der Waals surface area contributed by atoms with E-state index in [9.17, 15) is 4.79 Å². The third kappa shape index (κ3) is 5.91. The molecule has 1 N–H and O–H groups in total. The van der Waals surface area contributed by atoms with Crippen molar-refractivity contribution in [3.8, 4) is 0 Å². The Morgan fingerprint density at radius 3 is 2.21 bits per heavy atom. The summed E-state index contributed by atoms with van der Waals surface area (Å²) in [4.78, 5) is 16.3. The van der Waals surface area contributed by atoms with Crippen molar-refractivity contribution >= 4 is 17.5 Å². The predicted molar refractivity (Wildman–Crippen MR) is 115 cm³/mol. The van der Waals surface area contributed by atoms with Gasteiger partial charge in [-0.2, -0.15) is 0 Å². The Balaban J connectivity index is 1.45. The van der Waals surface area contributed by atoms with Gasteiger partial charge < -0.3 is 19.9 Å². The van der Waals surface area contributed by atoms with Gasteiger partial charge in [-0.3, -0.25) is 0 Å². The molecule has 2 aromatic carbocycles. The molecule has 0 bridgehead atoms. The highest BCUT2D eigenvalue weighted by molar-refractivity contribution is 5.68. The second-order valence-electron chi connectivity index (χ2n) is 8.16. The van der Waals surface area contributed by atoms with Gasteiger partial charge in [0.15, 0.2) is 0 Å². The molecule has 5 nitrogen and oxygen atoms in total. The van der Waals surface area contributed by atoms with Crippen molar-refractivity contribution in [1.29, 1.82) is 0 Å². The van der Waals surface area contributed by atoms with Crippen LogP contribution in [0.25, 0.3) is 0 Å². The molecule has 1 aliphatic rings. The van der Waals surface area contributed by atoms with Gasteiger partial charge in [0.05, 0.1) is 0 Å². The molecule has 0 aromatic heterocycles. The van der Waals surface area contributed by atoms with Crippen LogP contribution in [-0.2, 0) is 11.2 Å². The zero-order valence-electron chi connectivity index (χ0n) is 17.1. The summed E-state index contributed by atoms with van der Waals surface area (Å²) in [5, 5.41) is 3.48. The Morgan fingerprint density at radius 1 is 0.964 bits per heavy atom. The average molecular weight is 382 g/mol. The Morgan fingerprint density at radius 2 is 1.61 bits per heavy atom. The zero-order chi connectivity index (χ0) is 20.0. The van der Waals surface area contributed by atoms with Gasteiger partial charge in [0.1, 0.15) is 5.60 Å². The molecule has 0 atom stereocenters. The molecule has 5 heteroatoms. The number of anilines is 2. The lowest BCUT2D eigenvalue weighted by molar-refractivity contribution is 0.0240. The highest BCUT2D eigenvalue weighted by Gasteiger charge is 2.25. The first-order chi connectivity index (χ1) is 13.4.